The predicted molar refractivity (Wildman–Crippen MR) is 112 cm³/mol. The Morgan fingerprint density at radius 2 is 0.920 bits per heavy atom. The minimum atomic E-state index is -3.74. The molecule has 154 valence electrons. The summed E-state index contributed by atoms with van der Waals surface area (Å²) >= 11 is 0. The fourth-order valence-corrected chi connectivity index (χ4v) is 3.28. The van der Waals surface area contributed by atoms with Gasteiger partial charge in [-0.15, -0.1) is 0 Å². The summed E-state index contributed by atoms with van der Waals surface area (Å²) in [6, 6.07) is 0. The highest BCUT2D eigenvalue weighted by molar-refractivity contribution is 7.81. The molecule has 0 aliphatic heterocycles. The van der Waals surface area contributed by atoms with E-state index in [0.717, 1.165) is 26.4 Å². The van der Waals surface area contributed by atoms with Gasteiger partial charge >= 0.3 is 10.4 Å². The van der Waals surface area contributed by atoms with Crippen LogP contribution in [-0.4, -0.2) is 22.1 Å². The van der Waals surface area contributed by atoms with Crippen molar-refractivity contribution in [3.8, 4) is 0 Å². The molecule has 0 aliphatic carbocycles. The lowest BCUT2D eigenvalue weighted by Gasteiger charge is -2.04. The molecule has 6 heteroatoms. The van der Waals surface area contributed by atoms with E-state index in [4.69, 9.17) is 0 Å². The van der Waals surface area contributed by atoms with Crippen LogP contribution in [0, 0.1) is 0 Å². The van der Waals surface area contributed by atoms with Crippen molar-refractivity contribution in [2.75, 3.05) is 13.7 Å². The molecule has 0 saturated carbocycles. The molecule has 0 fully saturated rings. The van der Waals surface area contributed by atoms with Gasteiger partial charge in [-0.3, -0.25) is 4.18 Å². The Balaban J connectivity index is 0. The minimum absolute atomic E-state index is 0. The molecule has 0 atom stereocenters. The second-order valence-electron chi connectivity index (χ2n) is 6.70. The van der Waals surface area contributed by atoms with E-state index in [-0.39, 0.29) is 20.1 Å². The first-order valence-electron chi connectivity index (χ1n) is 10.1. The highest BCUT2D eigenvalue weighted by Gasteiger charge is 2.07. The molecule has 25 heavy (non-hydrogen) atoms. The summed E-state index contributed by atoms with van der Waals surface area (Å²) in [5.41, 5.74) is 0. The van der Waals surface area contributed by atoms with Crippen LogP contribution in [0.15, 0.2) is 0 Å². The van der Waals surface area contributed by atoms with Crippen molar-refractivity contribution in [3.63, 3.8) is 0 Å². The highest BCUT2D eigenvalue weighted by atomic mass is 32.3. The van der Waals surface area contributed by atoms with Crippen LogP contribution in [0.4, 0.5) is 0 Å². The van der Waals surface area contributed by atoms with Gasteiger partial charge in [-0.2, -0.15) is 21.9 Å². The lowest BCUT2D eigenvalue weighted by Crippen LogP contribution is -2.08. The molecule has 0 aromatic heterocycles. The Labute approximate surface area is 164 Å². The van der Waals surface area contributed by atoms with Gasteiger partial charge in [-0.1, -0.05) is 103 Å². The van der Waals surface area contributed by atoms with Crippen molar-refractivity contribution >= 4 is 23.9 Å². The number of unbranched alkanes of at least 4 members (excludes halogenated alkanes) is 15. The van der Waals surface area contributed by atoms with E-state index in [1.807, 2.05) is 0 Å². The Morgan fingerprint density at radius 3 is 1.24 bits per heavy atom. The molecule has 0 spiro atoms. The van der Waals surface area contributed by atoms with E-state index in [9.17, 15) is 8.42 Å². The zero-order chi connectivity index (χ0) is 17.9. The third kappa shape index (κ3) is 22.2. The van der Waals surface area contributed by atoms with Gasteiger partial charge < -0.3 is 0 Å². The van der Waals surface area contributed by atoms with E-state index in [1.54, 1.807) is 0 Å². The van der Waals surface area contributed by atoms with Crippen molar-refractivity contribution in [2.24, 2.45) is 0 Å². The second-order valence-corrected chi connectivity index (χ2v) is 8.09. The Kier molecular flexibility index (Phi) is 22.5. The van der Waals surface area contributed by atoms with Crippen molar-refractivity contribution in [3.05, 3.63) is 0 Å². The van der Waals surface area contributed by atoms with E-state index in [0.29, 0.717) is 0 Å². The maximum absolute atomic E-state index is 10.9. The second kappa shape index (κ2) is 20.5. The Bertz CT molecular complexity index is 345. The molecule has 4 nitrogen and oxygen atoms in total. The van der Waals surface area contributed by atoms with E-state index in [2.05, 4.69) is 15.3 Å². The van der Waals surface area contributed by atoms with Crippen LogP contribution in [0.1, 0.15) is 110 Å². The van der Waals surface area contributed by atoms with Crippen LogP contribution in [0.5, 0.6) is 0 Å². The fraction of sp³-hybridized carbons (Fsp3) is 1.00. The largest absolute Gasteiger partial charge is 0.399 e. The summed E-state index contributed by atoms with van der Waals surface area (Å²) < 4.78 is 30.7. The number of rotatable bonds is 19. The van der Waals surface area contributed by atoms with Crippen molar-refractivity contribution in [1.29, 1.82) is 0 Å². The van der Waals surface area contributed by atoms with Gasteiger partial charge in [-0.05, 0) is 6.42 Å². The van der Waals surface area contributed by atoms with Crippen LogP contribution in [0.2, 0.25) is 0 Å². The normalized spacial score (nSPS) is 11.4. The average Bonchev–Trinajstić information content (AvgIpc) is 2.57. The monoisotopic (exact) mass is 398 g/mol. The van der Waals surface area contributed by atoms with Gasteiger partial charge in [0.15, 0.2) is 0 Å². The average molecular weight is 399 g/mol. The standard InChI is InChI=1S/C19H40O4S.H2S/c1-3-4-5-6-7-8-9-10-11-12-13-14-15-16-17-18-19-23-24(20,21)22-2;/h3-19H2,1-2H3;1H2. The Hall–Kier alpha value is 0.220. The summed E-state index contributed by atoms with van der Waals surface area (Å²) in [6.07, 6.45) is 20.8. The van der Waals surface area contributed by atoms with Crippen LogP contribution >= 0.6 is 13.5 Å². The van der Waals surface area contributed by atoms with Gasteiger partial charge in [0.2, 0.25) is 0 Å². The molecular weight excluding hydrogens is 356 g/mol. The molecular formula is C19H42O4S2. The quantitative estimate of drug-likeness (QED) is 0.241. The lowest BCUT2D eigenvalue weighted by molar-refractivity contribution is 0.238. The molecule has 0 aromatic rings. The highest BCUT2D eigenvalue weighted by Crippen LogP contribution is 2.13. The first kappa shape index (κ1) is 27.4. The fourth-order valence-electron chi connectivity index (χ4n) is 2.86. The van der Waals surface area contributed by atoms with Gasteiger partial charge in [-0.25, -0.2) is 4.18 Å². The first-order chi connectivity index (χ1) is 11.6. The van der Waals surface area contributed by atoms with Crippen LogP contribution in [-0.2, 0) is 18.8 Å². The smallest absolute Gasteiger partial charge is 0.252 e. The predicted octanol–water partition coefficient (Wildman–Crippen LogP) is 6.27. The molecule has 0 aliphatic rings. The van der Waals surface area contributed by atoms with Crippen LogP contribution in [0.25, 0.3) is 0 Å². The molecule has 0 unspecified atom stereocenters. The number of hydrogen-bond donors (Lipinski definition) is 0. The molecule has 0 rings (SSSR count). The third-order valence-corrected chi connectivity index (χ3v) is 5.29. The van der Waals surface area contributed by atoms with Crippen molar-refractivity contribution in [1.82, 2.24) is 0 Å². The molecule has 0 aromatic carbocycles. The summed E-state index contributed by atoms with van der Waals surface area (Å²) in [5, 5.41) is 0. The summed E-state index contributed by atoms with van der Waals surface area (Å²) in [4.78, 5) is 0. The number of hydrogen-bond acceptors (Lipinski definition) is 4. The van der Waals surface area contributed by atoms with Crippen LogP contribution < -0.4 is 0 Å². The third-order valence-electron chi connectivity index (χ3n) is 4.43. The SMILES string of the molecule is CCCCCCCCCCCCCCCCCCOS(=O)(=O)OC.S. The topological polar surface area (TPSA) is 52.6 Å². The van der Waals surface area contributed by atoms with E-state index in [1.165, 1.54) is 83.5 Å². The van der Waals surface area contributed by atoms with Crippen molar-refractivity contribution in [2.45, 2.75) is 110 Å². The zero-order valence-electron chi connectivity index (χ0n) is 16.6. The summed E-state index contributed by atoms with van der Waals surface area (Å²) in [7, 11) is -2.63. The molecule has 0 amide bonds. The summed E-state index contributed by atoms with van der Waals surface area (Å²) in [6.45, 7) is 2.50. The molecule has 0 N–H and O–H groups in total. The lowest BCUT2D eigenvalue weighted by atomic mass is 10.0. The zero-order valence-corrected chi connectivity index (χ0v) is 18.4. The maximum Gasteiger partial charge on any atom is 0.399 e. The molecule has 0 saturated heterocycles. The van der Waals surface area contributed by atoms with Crippen LogP contribution in [0.3, 0.4) is 0 Å². The molecule has 0 radical (unpaired) electrons. The van der Waals surface area contributed by atoms with Gasteiger partial charge in [0.05, 0.1) is 13.7 Å². The minimum Gasteiger partial charge on any atom is -0.252 e. The van der Waals surface area contributed by atoms with Gasteiger partial charge in [0.1, 0.15) is 0 Å². The van der Waals surface area contributed by atoms with Crippen molar-refractivity contribution < 1.29 is 16.8 Å². The van der Waals surface area contributed by atoms with E-state index < -0.39 is 10.4 Å². The summed E-state index contributed by atoms with van der Waals surface area (Å²) in [5.74, 6) is 0. The maximum atomic E-state index is 10.9. The van der Waals surface area contributed by atoms with E-state index >= 15 is 0 Å². The first-order valence-corrected chi connectivity index (χ1v) is 11.4. The van der Waals surface area contributed by atoms with Gasteiger partial charge in [0, 0.05) is 0 Å². The Morgan fingerprint density at radius 1 is 0.600 bits per heavy atom. The molecule has 0 bridgehead atoms. The van der Waals surface area contributed by atoms with Gasteiger partial charge in [0.25, 0.3) is 0 Å². The molecule has 0 heterocycles.